The Balaban J connectivity index is 2.38. The third-order valence-electron chi connectivity index (χ3n) is 3.20. The summed E-state index contributed by atoms with van der Waals surface area (Å²) in [5.74, 6) is -1.81. The van der Waals surface area contributed by atoms with E-state index in [0.717, 1.165) is 6.08 Å². The number of imide groups is 1. The van der Waals surface area contributed by atoms with E-state index in [1.807, 2.05) is 0 Å². The number of hydrogen-bond donors (Lipinski definition) is 2. The number of benzene rings is 1. The van der Waals surface area contributed by atoms with Crippen molar-refractivity contribution in [2.24, 2.45) is 0 Å². The standard InChI is InChI=1S/C14H10F6N2O3/c15-13(16,17)7-3-8(14(18,19)20)5-9(4-7)21-10-6-11(24)22(1-2-23)12(10)25/h3-6,21,23H,1-2H2. The zero-order chi connectivity index (χ0) is 19.0. The van der Waals surface area contributed by atoms with Gasteiger partial charge in [0.25, 0.3) is 11.8 Å². The second kappa shape index (κ2) is 6.39. The van der Waals surface area contributed by atoms with E-state index in [2.05, 4.69) is 5.32 Å². The minimum Gasteiger partial charge on any atom is -0.395 e. The number of alkyl halides is 6. The zero-order valence-electron chi connectivity index (χ0n) is 12.2. The Bertz CT molecular complexity index is 707. The van der Waals surface area contributed by atoms with Crippen LogP contribution in [0.15, 0.2) is 30.0 Å². The van der Waals surface area contributed by atoms with E-state index < -0.39 is 53.3 Å². The Labute approximate surface area is 136 Å². The number of hydrogen-bond acceptors (Lipinski definition) is 4. The Morgan fingerprint density at radius 2 is 1.48 bits per heavy atom. The molecule has 1 aliphatic rings. The largest absolute Gasteiger partial charge is 0.416 e. The van der Waals surface area contributed by atoms with Crippen LogP contribution in [0, 0.1) is 0 Å². The number of rotatable bonds is 4. The molecule has 2 amide bonds. The number of halogens is 6. The number of carbonyl (C=O) groups is 2. The second-order valence-electron chi connectivity index (χ2n) is 5.00. The van der Waals surface area contributed by atoms with Gasteiger partial charge in [-0.15, -0.1) is 0 Å². The lowest BCUT2D eigenvalue weighted by molar-refractivity contribution is -0.143. The highest BCUT2D eigenvalue weighted by Crippen LogP contribution is 2.37. The molecule has 136 valence electrons. The summed E-state index contributed by atoms with van der Waals surface area (Å²) < 4.78 is 76.7. The molecule has 0 aromatic heterocycles. The van der Waals surface area contributed by atoms with Crippen molar-refractivity contribution in [1.29, 1.82) is 0 Å². The minimum absolute atomic E-state index is 0.0563. The van der Waals surface area contributed by atoms with E-state index in [1.165, 1.54) is 0 Å². The number of β-amino-alcohol motifs (C(OH)–C–C–N with tert-alkyl or cyclic N) is 1. The topological polar surface area (TPSA) is 69.6 Å². The van der Waals surface area contributed by atoms with Crippen LogP contribution in [0.5, 0.6) is 0 Å². The Kier molecular flexibility index (Phi) is 4.80. The van der Waals surface area contributed by atoms with Gasteiger partial charge in [0.15, 0.2) is 0 Å². The van der Waals surface area contributed by atoms with Crippen LogP contribution < -0.4 is 5.32 Å². The average molecular weight is 368 g/mol. The van der Waals surface area contributed by atoms with E-state index >= 15 is 0 Å². The molecule has 11 heteroatoms. The number of anilines is 1. The molecule has 0 spiro atoms. The van der Waals surface area contributed by atoms with Crippen molar-refractivity contribution >= 4 is 17.5 Å². The van der Waals surface area contributed by atoms with Gasteiger partial charge in [-0.3, -0.25) is 14.5 Å². The Hall–Kier alpha value is -2.56. The number of aliphatic hydroxyl groups is 1. The first-order valence-corrected chi connectivity index (χ1v) is 6.68. The quantitative estimate of drug-likeness (QED) is 0.633. The summed E-state index contributed by atoms with van der Waals surface area (Å²) in [5.41, 5.74) is -4.27. The molecule has 1 aromatic rings. The first kappa shape index (κ1) is 18.8. The van der Waals surface area contributed by atoms with Crippen LogP contribution in [0.1, 0.15) is 11.1 Å². The molecule has 1 aliphatic heterocycles. The molecule has 1 aromatic carbocycles. The van der Waals surface area contributed by atoms with Crippen LogP contribution in [0.2, 0.25) is 0 Å². The first-order valence-electron chi connectivity index (χ1n) is 6.68. The maximum Gasteiger partial charge on any atom is 0.416 e. The van der Waals surface area contributed by atoms with Gasteiger partial charge in [0, 0.05) is 11.8 Å². The highest BCUT2D eigenvalue weighted by atomic mass is 19.4. The summed E-state index contributed by atoms with van der Waals surface area (Å²) in [5, 5.41) is 10.9. The van der Waals surface area contributed by atoms with Gasteiger partial charge in [-0.25, -0.2) is 0 Å². The van der Waals surface area contributed by atoms with Crippen LogP contribution in [0.3, 0.4) is 0 Å². The molecule has 0 bridgehead atoms. The maximum absolute atomic E-state index is 12.8. The van der Waals surface area contributed by atoms with Crippen molar-refractivity contribution in [2.45, 2.75) is 12.4 Å². The van der Waals surface area contributed by atoms with Crippen molar-refractivity contribution in [3.8, 4) is 0 Å². The molecular weight excluding hydrogens is 358 g/mol. The molecule has 5 nitrogen and oxygen atoms in total. The van der Waals surface area contributed by atoms with Gasteiger partial charge in [-0.05, 0) is 18.2 Å². The lowest BCUT2D eigenvalue weighted by atomic mass is 10.1. The summed E-state index contributed by atoms with van der Waals surface area (Å²) in [6.45, 7) is -0.893. The molecule has 0 aliphatic carbocycles. The summed E-state index contributed by atoms with van der Waals surface area (Å²) in [6.07, 6.45) is -9.35. The van der Waals surface area contributed by atoms with Gasteiger partial charge in [0.1, 0.15) is 5.70 Å². The number of nitrogens with zero attached hydrogens (tertiary/aromatic N) is 1. The number of amides is 2. The molecule has 25 heavy (non-hydrogen) atoms. The van der Waals surface area contributed by atoms with Crippen LogP contribution in [0.25, 0.3) is 0 Å². The van der Waals surface area contributed by atoms with Gasteiger partial charge < -0.3 is 10.4 Å². The summed E-state index contributed by atoms with van der Waals surface area (Å²) in [4.78, 5) is 24.0. The van der Waals surface area contributed by atoms with Crippen molar-refractivity contribution in [2.75, 3.05) is 18.5 Å². The van der Waals surface area contributed by atoms with Crippen molar-refractivity contribution in [3.63, 3.8) is 0 Å². The Morgan fingerprint density at radius 3 is 1.92 bits per heavy atom. The van der Waals surface area contributed by atoms with E-state index in [0.29, 0.717) is 17.0 Å². The molecule has 0 fully saturated rings. The van der Waals surface area contributed by atoms with Crippen LogP contribution in [-0.2, 0) is 21.9 Å². The van der Waals surface area contributed by atoms with E-state index in [9.17, 15) is 35.9 Å². The zero-order valence-corrected chi connectivity index (χ0v) is 12.2. The third-order valence-corrected chi connectivity index (χ3v) is 3.20. The number of carbonyl (C=O) groups excluding carboxylic acids is 2. The van der Waals surface area contributed by atoms with Crippen LogP contribution in [-0.4, -0.2) is 35.0 Å². The van der Waals surface area contributed by atoms with Crippen LogP contribution >= 0.6 is 0 Å². The Morgan fingerprint density at radius 1 is 0.960 bits per heavy atom. The molecule has 2 rings (SSSR count). The third kappa shape index (κ3) is 4.10. The molecule has 0 atom stereocenters. The summed E-state index contributed by atoms with van der Waals surface area (Å²) in [6, 6.07) is 0.727. The van der Waals surface area contributed by atoms with Gasteiger partial charge in [0.05, 0.1) is 24.3 Å². The molecule has 0 unspecified atom stereocenters. The number of nitrogens with one attached hydrogen (secondary N) is 1. The lowest BCUT2D eigenvalue weighted by Crippen LogP contribution is -2.34. The maximum atomic E-state index is 12.8. The summed E-state index contributed by atoms with van der Waals surface area (Å²) in [7, 11) is 0. The van der Waals surface area contributed by atoms with Crippen LogP contribution in [0.4, 0.5) is 32.0 Å². The summed E-state index contributed by atoms with van der Waals surface area (Å²) >= 11 is 0. The SMILES string of the molecule is O=C1C=C(Nc2cc(C(F)(F)F)cc(C(F)(F)F)c2)C(=O)N1CCO. The van der Waals surface area contributed by atoms with Gasteiger partial charge in [0.2, 0.25) is 0 Å². The first-order chi connectivity index (χ1) is 11.4. The van der Waals surface area contributed by atoms with E-state index in [1.54, 1.807) is 0 Å². The molecular formula is C14H10F6N2O3. The van der Waals surface area contributed by atoms with E-state index in [-0.39, 0.29) is 12.6 Å². The van der Waals surface area contributed by atoms with Crippen molar-refractivity contribution in [3.05, 3.63) is 41.1 Å². The predicted octanol–water partition coefficient (Wildman–Crippen LogP) is 2.38. The predicted molar refractivity (Wildman–Crippen MR) is 72.0 cm³/mol. The molecule has 0 saturated carbocycles. The van der Waals surface area contributed by atoms with Crippen molar-refractivity contribution < 1.29 is 41.0 Å². The highest BCUT2D eigenvalue weighted by Gasteiger charge is 2.37. The molecule has 0 radical (unpaired) electrons. The van der Waals surface area contributed by atoms with Gasteiger partial charge >= 0.3 is 12.4 Å². The fourth-order valence-electron chi connectivity index (χ4n) is 2.09. The molecule has 1 heterocycles. The highest BCUT2D eigenvalue weighted by molar-refractivity contribution is 6.17. The molecule has 2 N–H and O–H groups in total. The fraction of sp³-hybridized carbons (Fsp3) is 0.286. The monoisotopic (exact) mass is 368 g/mol. The van der Waals surface area contributed by atoms with Gasteiger partial charge in [-0.1, -0.05) is 0 Å². The number of aliphatic hydroxyl groups excluding tert-OH is 1. The average Bonchev–Trinajstić information content (AvgIpc) is 2.73. The lowest BCUT2D eigenvalue weighted by Gasteiger charge is -2.16. The smallest absolute Gasteiger partial charge is 0.395 e. The minimum atomic E-state index is -5.04. The molecule has 0 saturated heterocycles. The second-order valence-corrected chi connectivity index (χ2v) is 5.00. The van der Waals surface area contributed by atoms with Crippen molar-refractivity contribution in [1.82, 2.24) is 4.90 Å². The van der Waals surface area contributed by atoms with E-state index in [4.69, 9.17) is 5.11 Å². The van der Waals surface area contributed by atoms with Gasteiger partial charge in [-0.2, -0.15) is 26.3 Å². The normalized spacial score (nSPS) is 15.6. The fourth-order valence-corrected chi connectivity index (χ4v) is 2.09.